The molecule has 3 rings (SSSR count). The molecule has 0 aromatic heterocycles. The number of rotatable bonds is 1. The number of hydrogen-bond acceptors (Lipinski definition) is 3. The Hall–Kier alpha value is -1.85. The molecule has 2 aromatic rings. The highest BCUT2D eigenvalue weighted by molar-refractivity contribution is 7.80. The van der Waals surface area contributed by atoms with Crippen LogP contribution in [0.5, 0.6) is 5.75 Å². The molecule has 18 heavy (non-hydrogen) atoms. The van der Waals surface area contributed by atoms with Crippen LogP contribution in [0.25, 0.3) is 10.8 Å². The summed E-state index contributed by atoms with van der Waals surface area (Å²) in [5, 5.41) is 12.9. The van der Waals surface area contributed by atoms with Gasteiger partial charge in [0, 0.05) is 12.6 Å². The van der Waals surface area contributed by atoms with E-state index >= 15 is 0 Å². The van der Waals surface area contributed by atoms with Gasteiger partial charge in [0.1, 0.15) is 11.9 Å². The van der Waals surface area contributed by atoms with E-state index in [1.165, 1.54) is 0 Å². The quantitative estimate of drug-likeness (QED) is 0.683. The molecule has 4 nitrogen and oxygen atoms in total. The van der Waals surface area contributed by atoms with E-state index < -0.39 is 0 Å². The molecule has 1 saturated heterocycles. The van der Waals surface area contributed by atoms with Crippen LogP contribution in [0, 0.1) is 0 Å². The summed E-state index contributed by atoms with van der Waals surface area (Å²) in [6.07, 6.45) is -0.151. The maximum absolute atomic E-state index is 10.1. The van der Waals surface area contributed by atoms with E-state index in [1.807, 2.05) is 42.3 Å². The second kappa shape index (κ2) is 4.12. The molecule has 1 unspecified atom stereocenters. The Bertz CT molecular complexity index is 629. The van der Waals surface area contributed by atoms with Gasteiger partial charge >= 0.3 is 0 Å². The Labute approximate surface area is 110 Å². The molecule has 0 aliphatic carbocycles. The minimum Gasteiger partial charge on any atom is -0.508 e. The number of hydrazine groups is 1. The third-order valence-corrected chi connectivity index (χ3v) is 3.60. The Morgan fingerprint density at radius 3 is 2.50 bits per heavy atom. The number of benzene rings is 2. The highest BCUT2D eigenvalue weighted by atomic mass is 32.1. The molecule has 0 saturated carbocycles. The first kappa shape index (κ1) is 11.3. The van der Waals surface area contributed by atoms with E-state index in [9.17, 15) is 5.11 Å². The molecule has 5 heteroatoms. The van der Waals surface area contributed by atoms with Crippen molar-refractivity contribution in [2.75, 3.05) is 7.05 Å². The summed E-state index contributed by atoms with van der Waals surface area (Å²) in [7, 11) is 1.88. The third-order valence-electron chi connectivity index (χ3n) is 3.21. The van der Waals surface area contributed by atoms with Gasteiger partial charge in [0.2, 0.25) is 0 Å². The number of hydrogen-bond donors (Lipinski definition) is 3. The zero-order valence-electron chi connectivity index (χ0n) is 9.84. The molecular formula is C13H13N3OS. The number of nitrogens with zero attached hydrogens (tertiary/aromatic N) is 1. The molecule has 0 radical (unpaired) electrons. The molecule has 0 amide bonds. The van der Waals surface area contributed by atoms with Crippen LogP contribution in [0.2, 0.25) is 0 Å². The minimum atomic E-state index is -0.151. The molecule has 1 atom stereocenters. The molecular weight excluding hydrogens is 246 g/mol. The first-order valence-electron chi connectivity index (χ1n) is 5.67. The zero-order valence-corrected chi connectivity index (χ0v) is 10.7. The average Bonchev–Trinajstić information content (AvgIpc) is 2.69. The highest BCUT2D eigenvalue weighted by Crippen LogP contribution is 2.31. The minimum absolute atomic E-state index is 0.151. The Kier molecular flexibility index (Phi) is 2.57. The smallest absolute Gasteiger partial charge is 0.184 e. The fourth-order valence-corrected chi connectivity index (χ4v) is 2.35. The van der Waals surface area contributed by atoms with Gasteiger partial charge < -0.3 is 10.0 Å². The van der Waals surface area contributed by atoms with Crippen LogP contribution < -0.4 is 10.9 Å². The van der Waals surface area contributed by atoms with Crippen LogP contribution in [0.1, 0.15) is 11.7 Å². The topological polar surface area (TPSA) is 47.5 Å². The summed E-state index contributed by atoms with van der Waals surface area (Å²) in [6.45, 7) is 0. The number of aromatic hydroxyl groups is 1. The predicted molar refractivity (Wildman–Crippen MR) is 75.0 cm³/mol. The molecule has 1 aliphatic rings. The van der Waals surface area contributed by atoms with Crippen molar-refractivity contribution in [1.29, 1.82) is 0 Å². The van der Waals surface area contributed by atoms with E-state index in [0.29, 0.717) is 5.11 Å². The predicted octanol–water partition coefficient (Wildman–Crippen LogP) is 1.87. The Morgan fingerprint density at radius 1 is 1.22 bits per heavy atom. The molecule has 3 N–H and O–H groups in total. The van der Waals surface area contributed by atoms with E-state index in [0.717, 1.165) is 16.3 Å². The van der Waals surface area contributed by atoms with Gasteiger partial charge in [0.15, 0.2) is 5.11 Å². The van der Waals surface area contributed by atoms with Gasteiger partial charge in [-0.1, -0.05) is 24.3 Å². The molecule has 92 valence electrons. The second-order valence-corrected chi connectivity index (χ2v) is 4.73. The van der Waals surface area contributed by atoms with Crippen molar-refractivity contribution in [3.63, 3.8) is 0 Å². The van der Waals surface area contributed by atoms with Crippen molar-refractivity contribution < 1.29 is 5.11 Å². The van der Waals surface area contributed by atoms with Gasteiger partial charge in [-0.3, -0.25) is 5.43 Å². The molecule has 2 aromatic carbocycles. The summed E-state index contributed by atoms with van der Waals surface area (Å²) in [4.78, 5) is 1.87. The highest BCUT2D eigenvalue weighted by Gasteiger charge is 2.27. The van der Waals surface area contributed by atoms with Gasteiger partial charge in [0.25, 0.3) is 0 Å². The second-order valence-electron chi connectivity index (χ2n) is 4.35. The van der Waals surface area contributed by atoms with E-state index in [1.54, 1.807) is 6.07 Å². The lowest BCUT2D eigenvalue weighted by Gasteiger charge is -2.20. The van der Waals surface area contributed by atoms with Crippen LogP contribution in [0.4, 0.5) is 0 Å². The van der Waals surface area contributed by atoms with Crippen LogP contribution in [0.3, 0.4) is 0 Å². The first-order valence-corrected chi connectivity index (χ1v) is 6.07. The lowest BCUT2D eigenvalue weighted by molar-refractivity contribution is 0.351. The Morgan fingerprint density at radius 2 is 1.89 bits per heavy atom. The van der Waals surface area contributed by atoms with Gasteiger partial charge in [-0.25, -0.2) is 5.43 Å². The van der Waals surface area contributed by atoms with E-state index in [-0.39, 0.29) is 11.9 Å². The van der Waals surface area contributed by atoms with Crippen molar-refractivity contribution >= 4 is 28.1 Å². The number of nitrogens with one attached hydrogen (secondary N) is 2. The van der Waals surface area contributed by atoms with Crippen LogP contribution in [-0.4, -0.2) is 22.2 Å². The van der Waals surface area contributed by atoms with Crippen molar-refractivity contribution in [3.8, 4) is 5.75 Å². The van der Waals surface area contributed by atoms with Crippen LogP contribution in [-0.2, 0) is 0 Å². The molecule has 1 fully saturated rings. The van der Waals surface area contributed by atoms with Crippen molar-refractivity contribution in [2.24, 2.45) is 0 Å². The van der Waals surface area contributed by atoms with Crippen LogP contribution >= 0.6 is 12.2 Å². The number of fused-ring (bicyclic) bond motifs is 1. The van der Waals surface area contributed by atoms with Crippen LogP contribution in [0.15, 0.2) is 36.4 Å². The first-order chi connectivity index (χ1) is 8.66. The van der Waals surface area contributed by atoms with Gasteiger partial charge in [-0.05, 0) is 35.1 Å². The van der Waals surface area contributed by atoms with E-state index in [2.05, 4.69) is 10.9 Å². The van der Waals surface area contributed by atoms with Crippen molar-refractivity contribution in [2.45, 2.75) is 6.17 Å². The van der Waals surface area contributed by atoms with Gasteiger partial charge in [-0.15, -0.1) is 0 Å². The monoisotopic (exact) mass is 259 g/mol. The zero-order chi connectivity index (χ0) is 12.7. The fourth-order valence-electron chi connectivity index (χ4n) is 2.18. The largest absolute Gasteiger partial charge is 0.508 e. The summed E-state index contributed by atoms with van der Waals surface area (Å²) < 4.78 is 0. The molecule has 1 heterocycles. The van der Waals surface area contributed by atoms with Gasteiger partial charge in [-0.2, -0.15) is 0 Å². The molecule has 1 aliphatic heterocycles. The van der Waals surface area contributed by atoms with Crippen molar-refractivity contribution in [1.82, 2.24) is 15.8 Å². The number of thiocarbonyl (C=S) groups is 1. The number of phenolic OH excluding ortho intramolecular Hbond substituents is 1. The number of phenols is 1. The standard InChI is InChI=1S/C13H13N3OS/c1-16-12(14-15-13(16)18)10-6-8-4-2-3-5-9(8)7-11(10)17/h2-7,12,14,17H,1H3,(H,15,18). The summed E-state index contributed by atoms with van der Waals surface area (Å²) >= 11 is 5.13. The maximum atomic E-state index is 10.1. The fraction of sp³-hybridized carbons (Fsp3) is 0.154. The van der Waals surface area contributed by atoms with Crippen molar-refractivity contribution in [3.05, 3.63) is 42.0 Å². The summed E-state index contributed by atoms with van der Waals surface area (Å²) in [5.41, 5.74) is 6.75. The average molecular weight is 259 g/mol. The third kappa shape index (κ3) is 1.68. The summed E-state index contributed by atoms with van der Waals surface area (Å²) in [6, 6.07) is 11.7. The molecule has 0 spiro atoms. The normalized spacial score (nSPS) is 19.3. The SMILES string of the molecule is CN1C(=S)NNC1c1cc2ccccc2cc1O. The van der Waals surface area contributed by atoms with Gasteiger partial charge in [0.05, 0.1) is 0 Å². The maximum Gasteiger partial charge on any atom is 0.184 e. The summed E-state index contributed by atoms with van der Waals surface area (Å²) in [5.74, 6) is 0.268. The lowest BCUT2D eigenvalue weighted by atomic mass is 10.0. The molecule has 0 bridgehead atoms. The Balaban J connectivity index is 2.12. The lowest BCUT2D eigenvalue weighted by Crippen LogP contribution is -2.26. The van der Waals surface area contributed by atoms with E-state index in [4.69, 9.17) is 12.2 Å².